The molecule has 0 saturated carbocycles. The van der Waals surface area contributed by atoms with E-state index in [-0.39, 0.29) is 0 Å². The molecule has 3 rings (SSSR count). The first-order valence-electron chi connectivity index (χ1n) is 5.54. The van der Waals surface area contributed by atoms with E-state index in [1.54, 1.807) is 11.3 Å². The summed E-state index contributed by atoms with van der Waals surface area (Å²) in [7, 11) is 0. The van der Waals surface area contributed by atoms with E-state index in [0.29, 0.717) is 5.56 Å². The van der Waals surface area contributed by atoms with E-state index in [0.717, 1.165) is 28.1 Å². The van der Waals surface area contributed by atoms with Crippen LogP contribution >= 0.6 is 22.9 Å². The minimum Gasteiger partial charge on any atom is -0.342 e. The van der Waals surface area contributed by atoms with Gasteiger partial charge in [-0.15, -0.1) is 11.3 Å². The number of hydrogen-bond acceptors (Lipinski definition) is 2. The number of rotatable bonds is 3. The lowest BCUT2D eigenvalue weighted by Crippen LogP contribution is -1.95. The van der Waals surface area contributed by atoms with Gasteiger partial charge in [0.15, 0.2) is 0 Å². The fourth-order valence-electron chi connectivity index (χ4n) is 2.02. The highest BCUT2D eigenvalue weighted by atomic mass is 35.5. The molecular formula is C14H10ClNOS. The molecule has 0 fully saturated rings. The number of hydrogen-bond donors (Lipinski definition) is 0. The Morgan fingerprint density at radius 1 is 1.22 bits per heavy atom. The number of fused-ring (bicyclic) bond motifs is 1. The van der Waals surface area contributed by atoms with E-state index in [9.17, 15) is 4.79 Å². The van der Waals surface area contributed by atoms with Crippen molar-refractivity contribution in [1.82, 2.24) is 4.57 Å². The van der Waals surface area contributed by atoms with Gasteiger partial charge in [0.2, 0.25) is 0 Å². The monoisotopic (exact) mass is 275 g/mol. The molecule has 90 valence electrons. The predicted molar refractivity (Wildman–Crippen MR) is 75.8 cm³/mol. The summed E-state index contributed by atoms with van der Waals surface area (Å²) in [4.78, 5) is 12.0. The van der Waals surface area contributed by atoms with Crippen molar-refractivity contribution < 1.29 is 4.79 Å². The average Bonchev–Trinajstić information content (AvgIpc) is 2.96. The van der Waals surface area contributed by atoms with Crippen molar-refractivity contribution in [1.29, 1.82) is 0 Å². The lowest BCUT2D eigenvalue weighted by atomic mass is 10.2. The fraction of sp³-hybridized carbons (Fsp3) is 0.0714. The zero-order valence-corrected chi connectivity index (χ0v) is 11.0. The van der Waals surface area contributed by atoms with Crippen LogP contribution < -0.4 is 0 Å². The molecule has 0 atom stereocenters. The van der Waals surface area contributed by atoms with Crippen molar-refractivity contribution in [2.45, 2.75) is 6.54 Å². The maximum atomic E-state index is 10.8. The molecule has 4 heteroatoms. The maximum Gasteiger partial charge on any atom is 0.150 e. The number of nitrogens with zero attached hydrogens (tertiary/aromatic N) is 1. The van der Waals surface area contributed by atoms with Gasteiger partial charge in [-0.3, -0.25) is 4.79 Å². The molecule has 2 aromatic heterocycles. The molecule has 0 aliphatic heterocycles. The van der Waals surface area contributed by atoms with Gasteiger partial charge in [-0.1, -0.05) is 23.7 Å². The van der Waals surface area contributed by atoms with Gasteiger partial charge in [-0.05, 0) is 29.7 Å². The second-order valence-corrected chi connectivity index (χ2v) is 5.89. The van der Waals surface area contributed by atoms with Crippen LogP contribution in [0.15, 0.2) is 42.6 Å². The largest absolute Gasteiger partial charge is 0.342 e. The van der Waals surface area contributed by atoms with E-state index < -0.39 is 0 Å². The minimum atomic E-state index is 0.701. The van der Waals surface area contributed by atoms with E-state index in [2.05, 4.69) is 10.6 Å². The Morgan fingerprint density at radius 3 is 2.83 bits per heavy atom. The second-order valence-electron chi connectivity index (χ2n) is 4.09. The van der Waals surface area contributed by atoms with Crippen molar-refractivity contribution in [3.05, 3.63) is 57.4 Å². The number of carbonyl (C=O) groups excluding carboxylic acids is 1. The highest BCUT2D eigenvalue weighted by molar-refractivity contribution is 7.16. The number of thiophene rings is 1. The Hall–Kier alpha value is -1.58. The molecule has 0 saturated heterocycles. The number of carbonyl (C=O) groups is 1. The van der Waals surface area contributed by atoms with Crippen LogP contribution in [-0.4, -0.2) is 10.9 Å². The summed E-state index contributed by atoms with van der Waals surface area (Å²) >= 11 is 7.51. The average molecular weight is 276 g/mol. The highest BCUT2D eigenvalue weighted by Gasteiger charge is 2.04. The molecule has 1 aromatic carbocycles. The van der Waals surface area contributed by atoms with Crippen LogP contribution in [0, 0.1) is 0 Å². The first-order chi connectivity index (χ1) is 8.76. The molecule has 0 amide bonds. The molecule has 3 aromatic rings. The summed E-state index contributed by atoms with van der Waals surface area (Å²) in [6.45, 7) is 0.781. The van der Waals surface area contributed by atoms with E-state index in [4.69, 9.17) is 11.6 Å². The van der Waals surface area contributed by atoms with Crippen LogP contribution in [0.25, 0.3) is 10.9 Å². The van der Waals surface area contributed by atoms with Crippen molar-refractivity contribution in [2.24, 2.45) is 0 Å². The van der Waals surface area contributed by atoms with Gasteiger partial charge in [0.1, 0.15) is 6.29 Å². The van der Waals surface area contributed by atoms with Gasteiger partial charge in [0.25, 0.3) is 0 Å². The lowest BCUT2D eigenvalue weighted by Gasteiger charge is -2.03. The summed E-state index contributed by atoms with van der Waals surface area (Å²) in [6, 6.07) is 11.7. The third-order valence-corrected chi connectivity index (χ3v) is 4.10. The topological polar surface area (TPSA) is 22.0 Å². The zero-order chi connectivity index (χ0) is 12.5. The molecule has 0 aliphatic carbocycles. The van der Waals surface area contributed by atoms with E-state index in [1.165, 1.54) is 4.88 Å². The Kier molecular flexibility index (Phi) is 2.94. The first-order valence-corrected chi connectivity index (χ1v) is 6.74. The Balaban J connectivity index is 2.03. The van der Waals surface area contributed by atoms with Crippen LogP contribution in [-0.2, 0) is 6.54 Å². The number of halogens is 1. The fourth-order valence-corrected chi connectivity index (χ4v) is 3.10. The Morgan fingerprint density at radius 2 is 2.11 bits per heavy atom. The molecule has 0 bridgehead atoms. The minimum absolute atomic E-state index is 0.701. The van der Waals surface area contributed by atoms with Gasteiger partial charge in [-0.2, -0.15) is 0 Å². The summed E-state index contributed by atoms with van der Waals surface area (Å²) in [5, 5.41) is 1.14. The van der Waals surface area contributed by atoms with Crippen LogP contribution in [0.5, 0.6) is 0 Å². The van der Waals surface area contributed by atoms with Gasteiger partial charge < -0.3 is 4.57 Å². The molecule has 0 N–H and O–H groups in total. The van der Waals surface area contributed by atoms with Crippen LogP contribution in [0.1, 0.15) is 15.2 Å². The standard InChI is InChI=1S/C14H10ClNOS/c15-14-4-3-12(18-14)8-16-6-5-11-2-1-10(9-17)7-13(11)16/h1-7,9H,8H2. The molecule has 0 unspecified atom stereocenters. The van der Waals surface area contributed by atoms with Crippen molar-refractivity contribution >= 4 is 40.1 Å². The van der Waals surface area contributed by atoms with Crippen LogP contribution in [0.3, 0.4) is 0 Å². The van der Waals surface area contributed by atoms with Gasteiger partial charge >= 0.3 is 0 Å². The predicted octanol–water partition coefficient (Wildman–Crippen LogP) is 4.22. The summed E-state index contributed by atoms with van der Waals surface area (Å²) in [6.07, 6.45) is 2.91. The molecule has 2 nitrogen and oxygen atoms in total. The summed E-state index contributed by atoms with van der Waals surface area (Å²) < 4.78 is 2.93. The van der Waals surface area contributed by atoms with E-state index >= 15 is 0 Å². The SMILES string of the molecule is O=Cc1ccc2ccn(Cc3ccc(Cl)s3)c2c1. The lowest BCUT2D eigenvalue weighted by molar-refractivity contribution is 0.112. The smallest absolute Gasteiger partial charge is 0.150 e. The van der Waals surface area contributed by atoms with Crippen molar-refractivity contribution in [2.75, 3.05) is 0 Å². The van der Waals surface area contributed by atoms with Crippen LogP contribution in [0.2, 0.25) is 4.34 Å². The van der Waals surface area contributed by atoms with Gasteiger partial charge in [-0.25, -0.2) is 0 Å². The Bertz CT molecular complexity index is 713. The summed E-state index contributed by atoms with van der Waals surface area (Å²) in [5.74, 6) is 0. The molecule has 0 aliphatic rings. The number of aldehydes is 1. The normalized spacial score (nSPS) is 10.9. The van der Waals surface area contributed by atoms with Gasteiger partial charge in [0, 0.05) is 22.2 Å². The van der Waals surface area contributed by atoms with Crippen molar-refractivity contribution in [3.8, 4) is 0 Å². The third kappa shape index (κ3) is 2.07. The second kappa shape index (κ2) is 4.59. The molecule has 2 heterocycles. The van der Waals surface area contributed by atoms with Crippen LogP contribution in [0.4, 0.5) is 0 Å². The zero-order valence-electron chi connectivity index (χ0n) is 9.47. The van der Waals surface area contributed by atoms with Crippen molar-refractivity contribution in [3.63, 3.8) is 0 Å². The molecule has 18 heavy (non-hydrogen) atoms. The molecule has 0 radical (unpaired) electrons. The highest BCUT2D eigenvalue weighted by Crippen LogP contribution is 2.24. The Labute approximate surface area is 113 Å². The third-order valence-electron chi connectivity index (χ3n) is 2.89. The summed E-state index contributed by atoms with van der Waals surface area (Å²) in [5.41, 5.74) is 1.77. The number of benzene rings is 1. The molecular weight excluding hydrogens is 266 g/mol. The number of aromatic nitrogens is 1. The van der Waals surface area contributed by atoms with E-state index in [1.807, 2.05) is 36.5 Å². The van der Waals surface area contributed by atoms with Gasteiger partial charge in [0.05, 0.1) is 10.9 Å². The first kappa shape index (κ1) is 11.5. The quantitative estimate of drug-likeness (QED) is 0.656. The maximum absolute atomic E-state index is 10.8. The molecule has 0 spiro atoms.